The number of carbonyl (C=O) groups is 1. The Balaban J connectivity index is 2.45. The summed E-state index contributed by atoms with van der Waals surface area (Å²) in [5, 5.41) is 3.30. The van der Waals surface area contributed by atoms with Crippen LogP contribution in [0.25, 0.3) is 0 Å². The zero-order valence-electron chi connectivity index (χ0n) is 7.96. The standard InChI is InChI=1S/C9H17NO2/c1-6-4-8(9(11)12-3)5-10-7(6)2/h6-8,10H,4-5H2,1-3H3/t6-,7-,8+/m1/s1. The summed E-state index contributed by atoms with van der Waals surface area (Å²) in [6.45, 7) is 5.07. The number of hydrogen-bond acceptors (Lipinski definition) is 3. The van der Waals surface area contributed by atoms with Gasteiger partial charge in [0.2, 0.25) is 0 Å². The summed E-state index contributed by atoms with van der Waals surface area (Å²) >= 11 is 0. The predicted molar refractivity (Wildman–Crippen MR) is 46.8 cm³/mol. The van der Waals surface area contributed by atoms with Crippen LogP contribution < -0.4 is 5.32 Å². The van der Waals surface area contributed by atoms with Gasteiger partial charge in [-0.1, -0.05) is 6.92 Å². The van der Waals surface area contributed by atoms with Crippen LogP contribution in [0.15, 0.2) is 0 Å². The third-order valence-electron chi connectivity index (χ3n) is 2.73. The maximum Gasteiger partial charge on any atom is 0.309 e. The molecule has 1 fully saturated rings. The lowest BCUT2D eigenvalue weighted by Crippen LogP contribution is -2.45. The number of carbonyl (C=O) groups excluding carboxylic acids is 1. The van der Waals surface area contributed by atoms with Gasteiger partial charge in [-0.15, -0.1) is 0 Å². The van der Waals surface area contributed by atoms with Gasteiger partial charge in [-0.05, 0) is 19.3 Å². The van der Waals surface area contributed by atoms with Gasteiger partial charge < -0.3 is 10.1 Å². The molecule has 3 heteroatoms. The molecule has 12 heavy (non-hydrogen) atoms. The molecule has 0 aliphatic carbocycles. The van der Waals surface area contributed by atoms with Crippen LogP contribution in [0.1, 0.15) is 20.3 Å². The second kappa shape index (κ2) is 3.90. The Bertz CT molecular complexity index is 170. The van der Waals surface area contributed by atoms with Crippen LogP contribution in [0, 0.1) is 11.8 Å². The van der Waals surface area contributed by atoms with Gasteiger partial charge in [-0.25, -0.2) is 0 Å². The van der Waals surface area contributed by atoms with E-state index in [0.717, 1.165) is 13.0 Å². The topological polar surface area (TPSA) is 38.3 Å². The van der Waals surface area contributed by atoms with Crippen LogP contribution >= 0.6 is 0 Å². The Labute approximate surface area is 73.5 Å². The van der Waals surface area contributed by atoms with E-state index >= 15 is 0 Å². The molecule has 1 heterocycles. The van der Waals surface area contributed by atoms with Crippen LogP contribution in [-0.2, 0) is 9.53 Å². The highest BCUT2D eigenvalue weighted by molar-refractivity contribution is 5.72. The summed E-state index contributed by atoms with van der Waals surface area (Å²) in [6, 6.07) is 0.519. The van der Waals surface area contributed by atoms with E-state index in [1.54, 1.807) is 0 Å². The van der Waals surface area contributed by atoms with Crippen molar-refractivity contribution >= 4 is 5.97 Å². The van der Waals surface area contributed by atoms with E-state index in [-0.39, 0.29) is 11.9 Å². The number of rotatable bonds is 1. The first-order chi connectivity index (χ1) is 5.65. The molecule has 3 nitrogen and oxygen atoms in total. The van der Waals surface area contributed by atoms with E-state index in [1.165, 1.54) is 7.11 Å². The smallest absolute Gasteiger partial charge is 0.309 e. The van der Waals surface area contributed by atoms with Gasteiger partial charge in [0, 0.05) is 12.6 Å². The largest absolute Gasteiger partial charge is 0.469 e. The van der Waals surface area contributed by atoms with Crippen molar-refractivity contribution in [3.05, 3.63) is 0 Å². The predicted octanol–water partition coefficient (Wildman–Crippen LogP) is 0.793. The first kappa shape index (κ1) is 9.52. The van der Waals surface area contributed by atoms with Crippen molar-refractivity contribution in [1.82, 2.24) is 5.32 Å². The number of ether oxygens (including phenoxy) is 1. The van der Waals surface area contributed by atoms with E-state index in [4.69, 9.17) is 4.74 Å². The monoisotopic (exact) mass is 171 g/mol. The molecule has 1 aliphatic heterocycles. The number of nitrogens with one attached hydrogen (secondary N) is 1. The average molecular weight is 171 g/mol. The minimum atomic E-state index is -0.0822. The molecule has 0 spiro atoms. The molecule has 1 aliphatic rings. The average Bonchev–Trinajstić information content (AvgIpc) is 2.08. The maximum atomic E-state index is 11.2. The summed E-state index contributed by atoms with van der Waals surface area (Å²) in [4.78, 5) is 11.2. The number of esters is 1. The Morgan fingerprint density at radius 3 is 2.67 bits per heavy atom. The highest BCUT2D eigenvalue weighted by Gasteiger charge is 2.29. The van der Waals surface area contributed by atoms with Crippen molar-refractivity contribution in [1.29, 1.82) is 0 Å². The van der Waals surface area contributed by atoms with Gasteiger partial charge in [-0.3, -0.25) is 4.79 Å². The molecule has 0 saturated carbocycles. The fourth-order valence-electron chi connectivity index (χ4n) is 1.61. The first-order valence-corrected chi connectivity index (χ1v) is 4.46. The third-order valence-corrected chi connectivity index (χ3v) is 2.73. The van der Waals surface area contributed by atoms with Gasteiger partial charge in [0.1, 0.15) is 0 Å². The Hall–Kier alpha value is -0.570. The lowest BCUT2D eigenvalue weighted by molar-refractivity contribution is -0.146. The molecule has 0 aromatic rings. The molecule has 0 radical (unpaired) electrons. The molecular weight excluding hydrogens is 154 g/mol. The van der Waals surface area contributed by atoms with Gasteiger partial charge in [0.05, 0.1) is 13.0 Å². The summed E-state index contributed by atoms with van der Waals surface area (Å²) in [5.74, 6) is 0.533. The molecule has 0 amide bonds. The second-order valence-corrected chi connectivity index (χ2v) is 3.63. The van der Waals surface area contributed by atoms with Gasteiger partial charge in [0.15, 0.2) is 0 Å². The fourth-order valence-corrected chi connectivity index (χ4v) is 1.61. The summed E-state index contributed by atoms with van der Waals surface area (Å²) in [7, 11) is 1.45. The Morgan fingerprint density at radius 2 is 2.17 bits per heavy atom. The highest BCUT2D eigenvalue weighted by Crippen LogP contribution is 2.21. The number of methoxy groups -OCH3 is 1. The summed E-state index contributed by atoms with van der Waals surface area (Å²) < 4.78 is 4.69. The van der Waals surface area contributed by atoms with E-state index in [1.807, 2.05) is 0 Å². The summed E-state index contributed by atoms with van der Waals surface area (Å²) in [6.07, 6.45) is 0.945. The van der Waals surface area contributed by atoms with Crippen molar-refractivity contribution < 1.29 is 9.53 Å². The van der Waals surface area contributed by atoms with Crippen molar-refractivity contribution in [2.24, 2.45) is 11.8 Å². The quantitative estimate of drug-likeness (QED) is 0.593. The second-order valence-electron chi connectivity index (χ2n) is 3.63. The number of hydrogen-bond donors (Lipinski definition) is 1. The van der Waals surface area contributed by atoms with Gasteiger partial charge in [-0.2, -0.15) is 0 Å². The zero-order valence-corrected chi connectivity index (χ0v) is 7.96. The first-order valence-electron chi connectivity index (χ1n) is 4.46. The molecule has 0 bridgehead atoms. The van der Waals surface area contributed by atoms with Crippen LogP contribution in [0.4, 0.5) is 0 Å². The molecule has 1 rings (SSSR count). The van der Waals surface area contributed by atoms with E-state index in [2.05, 4.69) is 19.2 Å². The summed E-state index contributed by atoms with van der Waals surface area (Å²) in [5.41, 5.74) is 0. The van der Waals surface area contributed by atoms with Crippen LogP contribution in [0.3, 0.4) is 0 Å². The number of piperidine rings is 1. The molecule has 3 atom stereocenters. The van der Waals surface area contributed by atoms with E-state index < -0.39 is 0 Å². The van der Waals surface area contributed by atoms with Crippen LogP contribution in [-0.4, -0.2) is 25.7 Å². The molecule has 1 saturated heterocycles. The molecule has 1 N–H and O–H groups in total. The van der Waals surface area contributed by atoms with Crippen molar-refractivity contribution in [3.63, 3.8) is 0 Å². The maximum absolute atomic E-state index is 11.2. The normalized spacial score (nSPS) is 36.1. The van der Waals surface area contributed by atoms with E-state index in [9.17, 15) is 4.79 Å². The molecule has 0 aromatic carbocycles. The van der Waals surface area contributed by atoms with Crippen molar-refractivity contribution in [3.8, 4) is 0 Å². The third kappa shape index (κ3) is 1.97. The Kier molecular flexibility index (Phi) is 3.09. The minimum absolute atomic E-state index is 0.0567. The van der Waals surface area contributed by atoms with Crippen molar-refractivity contribution in [2.75, 3.05) is 13.7 Å². The van der Waals surface area contributed by atoms with Crippen LogP contribution in [0.2, 0.25) is 0 Å². The minimum Gasteiger partial charge on any atom is -0.469 e. The molecule has 70 valence electrons. The van der Waals surface area contributed by atoms with Crippen LogP contribution in [0.5, 0.6) is 0 Å². The zero-order chi connectivity index (χ0) is 9.14. The van der Waals surface area contributed by atoms with Crippen molar-refractivity contribution in [2.45, 2.75) is 26.3 Å². The molecular formula is C9H17NO2. The molecule has 0 unspecified atom stereocenters. The van der Waals surface area contributed by atoms with Gasteiger partial charge in [0.25, 0.3) is 0 Å². The highest BCUT2D eigenvalue weighted by atomic mass is 16.5. The fraction of sp³-hybridized carbons (Fsp3) is 0.889. The van der Waals surface area contributed by atoms with Gasteiger partial charge >= 0.3 is 5.97 Å². The SMILES string of the molecule is COC(=O)[C@@H]1CN[C@H](C)[C@H](C)C1. The Morgan fingerprint density at radius 1 is 1.50 bits per heavy atom. The molecule has 0 aromatic heterocycles. The lowest BCUT2D eigenvalue weighted by Gasteiger charge is -2.31. The lowest BCUT2D eigenvalue weighted by atomic mass is 9.87. The van der Waals surface area contributed by atoms with E-state index in [0.29, 0.717) is 12.0 Å².